The quantitative estimate of drug-likeness (QED) is 0.588. The molecule has 8 nitrogen and oxygen atoms in total. The van der Waals surface area contributed by atoms with Crippen LogP contribution in [0, 0.1) is 0 Å². The van der Waals surface area contributed by atoms with Crippen LogP contribution in [0.4, 0.5) is 16.2 Å². The van der Waals surface area contributed by atoms with E-state index in [4.69, 9.17) is 11.5 Å². The second kappa shape index (κ2) is 7.28. The summed E-state index contributed by atoms with van der Waals surface area (Å²) in [5, 5.41) is 3.13. The van der Waals surface area contributed by atoms with Crippen molar-refractivity contribution in [1.82, 2.24) is 14.9 Å². The molecular weight excluding hydrogens is 376 g/mol. The maximum absolute atomic E-state index is 13.1. The van der Waals surface area contributed by atoms with Gasteiger partial charge in [-0.1, -0.05) is 18.2 Å². The highest BCUT2D eigenvalue weighted by Crippen LogP contribution is 2.40. The lowest BCUT2D eigenvalue weighted by Gasteiger charge is -2.35. The number of amides is 3. The molecule has 0 bridgehead atoms. The van der Waals surface area contributed by atoms with Crippen LogP contribution in [0.15, 0.2) is 48.8 Å². The van der Waals surface area contributed by atoms with Crippen LogP contribution in [0.3, 0.4) is 0 Å². The Hall–Kier alpha value is -3.46. The van der Waals surface area contributed by atoms with Crippen molar-refractivity contribution in [3.63, 3.8) is 0 Å². The molecule has 0 fully saturated rings. The first-order valence-electron chi connectivity index (χ1n) is 8.66. The molecule has 1 atom stereocenters. The Labute approximate surface area is 165 Å². The minimum Gasteiger partial charge on any atom is -0.398 e. The Balaban J connectivity index is 1.76. The fraction of sp³-hybridized carbons (Fsp3) is 0.158. The second-order valence-corrected chi connectivity index (χ2v) is 7.37. The summed E-state index contributed by atoms with van der Waals surface area (Å²) >= 11 is 1.21. The number of nitrogens with two attached hydrogens (primary N) is 2. The van der Waals surface area contributed by atoms with E-state index >= 15 is 0 Å². The van der Waals surface area contributed by atoms with Gasteiger partial charge in [0.2, 0.25) is 0 Å². The van der Waals surface area contributed by atoms with E-state index < -0.39 is 11.9 Å². The van der Waals surface area contributed by atoms with Crippen molar-refractivity contribution in [3.8, 4) is 0 Å². The van der Waals surface area contributed by atoms with Gasteiger partial charge in [-0.3, -0.25) is 9.78 Å². The third-order valence-electron chi connectivity index (χ3n) is 4.57. The topological polar surface area (TPSA) is 127 Å². The molecule has 5 N–H and O–H groups in total. The van der Waals surface area contributed by atoms with Gasteiger partial charge in [-0.25, -0.2) is 9.78 Å². The summed E-state index contributed by atoms with van der Waals surface area (Å²) in [5.74, 6) is -0.577. The van der Waals surface area contributed by atoms with Crippen LogP contribution in [0.5, 0.6) is 0 Å². The third-order valence-corrected chi connectivity index (χ3v) is 5.74. The number of aromatic nitrogens is 2. The Morgan fingerprint density at radius 1 is 1.18 bits per heavy atom. The fourth-order valence-corrected chi connectivity index (χ4v) is 4.37. The SMILES string of the molecule is NC(=O)c1nc2c(s1)C(c1ccccc1N)N(C(=O)Nc1ccncc1)CC2. The number of para-hydroxylation sites is 1. The molecule has 28 heavy (non-hydrogen) atoms. The molecule has 1 aliphatic rings. The molecule has 1 aliphatic heterocycles. The molecule has 9 heteroatoms. The summed E-state index contributed by atoms with van der Waals surface area (Å²) in [6, 6.07) is 10.1. The number of anilines is 2. The van der Waals surface area contributed by atoms with E-state index in [0.717, 1.165) is 16.1 Å². The average molecular weight is 394 g/mol. The van der Waals surface area contributed by atoms with Crippen LogP contribution >= 0.6 is 11.3 Å². The summed E-state index contributed by atoms with van der Waals surface area (Å²) in [4.78, 5) is 35.5. The molecular formula is C19H18N6O2S. The third kappa shape index (κ3) is 3.27. The van der Waals surface area contributed by atoms with E-state index in [1.54, 1.807) is 35.5 Å². The summed E-state index contributed by atoms with van der Waals surface area (Å²) in [6.45, 7) is 0.435. The smallest absolute Gasteiger partial charge is 0.322 e. The van der Waals surface area contributed by atoms with Crippen LogP contribution in [0.25, 0.3) is 0 Å². The molecule has 1 aromatic carbocycles. The molecule has 3 amide bonds. The number of nitrogen functional groups attached to an aromatic ring is 1. The van der Waals surface area contributed by atoms with Gasteiger partial charge >= 0.3 is 6.03 Å². The van der Waals surface area contributed by atoms with Gasteiger partial charge in [0.1, 0.15) is 0 Å². The summed E-state index contributed by atoms with van der Waals surface area (Å²) in [6.07, 6.45) is 3.75. The molecule has 142 valence electrons. The van der Waals surface area contributed by atoms with Gasteiger partial charge in [-0.2, -0.15) is 0 Å². The first-order chi connectivity index (χ1) is 13.5. The Morgan fingerprint density at radius 3 is 2.64 bits per heavy atom. The van der Waals surface area contributed by atoms with Gasteiger partial charge in [0.05, 0.1) is 16.6 Å². The lowest BCUT2D eigenvalue weighted by atomic mass is 9.96. The van der Waals surface area contributed by atoms with Gasteiger partial charge < -0.3 is 21.7 Å². The number of urea groups is 1. The lowest BCUT2D eigenvalue weighted by Crippen LogP contribution is -2.42. The van der Waals surface area contributed by atoms with E-state index in [2.05, 4.69) is 15.3 Å². The van der Waals surface area contributed by atoms with E-state index in [1.807, 2.05) is 18.2 Å². The van der Waals surface area contributed by atoms with Crippen molar-refractivity contribution in [3.05, 3.63) is 69.9 Å². The van der Waals surface area contributed by atoms with E-state index in [0.29, 0.717) is 24.3 Å². The number of nitrogens with zero attached hydrogens (tertiary/aromatic N) is 3. The highest BCUT2D eigenvalue weighted by atomic mass is 32.1. The molecule has 4 rings (SSSR count). The number of benzene rings is 1. The normalized spacial score (nSPS) is 15.7. The Kier molecular flexibility index (Phi) is 4.66. The zero-order valence-corrected chi connectivity index (χ0v) is 15.6. The number of primary amides is 1. The van der Waals surface area contributed by atoms with Crippen molar-refractivity contribution in [2.24, 2.45) is 5.73 Å². The number of nitrogens with one attached hydrogen (secondary N) is 1. The van der Waals surface area contributed by atoms with E-state index in [1.165, 1.54) is 11.3 Å². The predicted octanol–water partition coefficient (Wildman–Crippen LogP) is 2.40. The Morgan fingerprint density at radius 2 is 1.93 bits per heavy atom. The number of carbonyl (C=O) groups is 2. The van der Waals surface area contributed by atoms with Crippen LogP contribution in [-0.2, 0) is 6.42 Å². The molecule has 0 radical (unpaired) electrons. The van der Waals surface area contributed by atoms with Crippen LogP contribution < -0.4 is 16.8 Å². The van der Waals surface area contributed by atoms with Crippen molar-refractivity contribution in [1.29, 1.82) is 0 Å². The molecule has 3 heterocycles. The molecule has 0 saturated carbocycles. The molecule has 1 unspecified atom stereocenters. The van der Waals surface area contributed by atoms with Crippen LogP contribution in [0.1, 0.15) is 32.0 Å². The number of hydrogen-bond donors (Lipinski definition) is 3. The molecule has 0 spiro atoms. The maximum atomic E-state index is 13.1. The highest BCUT2D eigenvalue weighted by Gasteiger charge is 2.36. The van der Waals surface area contributed by atoms with Crippen LogP contribution in [0.2, 0.25) is 0 Å². The number of thiazole rings is 1. The predicted molar refractivity (Wildman–Crippen MR) is 107 cm³/mol. The largest absolute Gasteiger partial charge is 0.398 e. The first kappa shape index (κ1) is 17.9. The number of hydrogen-bond acceptors (Lipinski definition) is 6. The zero-order valence-electron chi connectivity index (χ0n) is 14.8. The first-order valence-corrected chi connectivity index (χ1v) is 9.47. The van der Waals surface area contributed by atoms with Crippen molar-refractivity contribution in [2.45, 2.75) is 12.5 Å². The molecule has 2 aromatic heterocycles. The summed E-state index contributed by atoms with van der Waals surface area (Å²) in [5.41, 5.74) is 14.4. The number of carbonyl (C=O) groups excluding carboxylic acids is 2. The van der Waals surface area contributed by atoms with E-state index in [-0.39, 0.29) is 11.0 Å². The zero-order chi connectivity index (χ0) is 19.7. The highest BCUT2D eigenvalue weighted by molar-refractivity contribution is 7.13. The lowest BCUT2D eigenvalue weighted by molar-refractivity contribution is 0.0999. The van der Waals surface area contributed by atoms with Gasteiger partial charge in [-0.05, 0) is 18.2 Å². The maximum Gasteiger partial charge on any atom is 0.322 e. The molecule has 0 saturated heterocycles. The van der Waals surface area contributed by atoms with Crippen molar-refractivity contribution in [2.75, 3.05) is 17.6 Å². The monoisotopic (exact) mass is 394 g/mol. The van der Waals surface area contributed by atoms with Gasteiger partial charge in [0.25, 0.3) is 5.91 Å². The van der Waals surface area contributed by atoms with Gasteiger partial charge in [0.15, 0.2) is 5.01 Å². The minimum atomic E-state index is -0.577. The minimum absolute atomic E-state index is 0.237. The van der Waals surface area contributed by atoms with Gasteiger partial charge in [0, 0.05) is 42.3 Å². The molecule has 3 aromatic rings. The second-order valence-electron chi connectivity index (χ2n) is 6.34. The number of pyridine rings is 1. The number of rotatable bonds is 3. The fourth-order valence-electron chi connectivity index (χ4n) is 3.28. The molecule has 0 aliphatic carbocycles. The van der Waals surface area contributed by atoms with Gasteiger partial charge in [-0.15, -0.1) is 11.3 Å². The Bertz CT molecular complexity index is 1040. The standard InChI is InChI=1S/C19H18N6O2S/c20-13-4-2-1-3-12(13)15-16-14(24-18(28-16)17(21)26)7-10-25(15)19(27)23-11-5-8-22-9-6-11/h1-6,8-9,15H,7,10,20H2,(H2,21,26)(H,22,23,27). The van der Waals surface area contributed by atoms with Crippen molar-refractivity contribution >= 4 is 34.6 Å². The van der Waals surface area contributed by atoms with Crippen LogP contribution in [-0.4, -0.2) is 33.4 Å². The number of fused-ring (bicyclic) bond motifs is 1. The summed E-state index contributed by atoms with van der Waals surface area (Å²) < 4.78 is 0. The van der Waals surface area contributed by atoms with Crippen molar-refractivity contribution < 1.29 is 9.59 Å². The average Bonchev–Trinajstić information content (AvgIpc) is 3.13. The van der Waals surface area contributed by atoms with E-state index in [9.17, 15) is 9.59 Å². The summed E-state index contributed by atoms with van der Waals surface area (Å²) in [7, 11) is 0.